The average Bonchev–Trinajstić information content (AvgIpc) is 2.83. The van der Waals surface area contributed by atoms with Crippen molar-refractivity contribution in [3.05, 3.63) is 18.0 Å². The van der Waals surface area contributed by atoms with E-state index in [9.17, 15) is 8.42 Å². The number of hydrogen-bond donors (Lipinski definition) is 1. The Balaban J connectivity index is 3.07. The second-order valence-electron chi connectivity index (χ2n) is 4.51. The van der Waals surface area contributed by atoms with Crippen LogP contribution in [0.15, 0.2) is 17.2 Å². The van der Waals surface area contributed by atoms with Gasteiger partial charge in [0.05, 0.1) is 0 Å². The molecule has 0 aliphatic carbocycles. The molecule has 0 aromatic carbocycles. The Hall–Kier alpha value is -0.850. The van der Waals surface area contributed by atoms with Crippen LogP contribution in [-0.2, 0) is 23.1 Å². The molecule has 0 aliphatic rings. The van der Waals surface area contributed by atoms with Crippen molar-refractivity contribution in [2.24, 2.45) is 5.73 Å². The second kappa shape index (κ2) is 7.07. The minimum absolute atomic E-state index is 0.352. The lowest BCUT2D eigenvalue weighted by Crippen LogP contribution is -2.31. The first-order chi connectivity index (χ1) is 9.01. The maximum absolute atomic E-state index is 12.5. The van der Waals surface area contributed by atoms with E-state index in [1.807, 2.05) is 18.4 Å². The van der Waals surface area contributed by atoms with Gasteiger partial charge >= 0.3 is 0 Å². The van der Waals surface area contributed by atoms with Crippen LogP contribution in [0.2, 0.25) is 0 Å². The number of unbranched alkanes of at least 4 members (excludes halogenated alkanes) is 1. The number of nitrogens with zero attached hydrogens (tertiary/aromatic N) is 2. The standard InChI is InChI=1S/C13H25N3O2S/c1-4-7-8-16(6-3)19(17,18)13-9-12(10-14)15(5-2)11-13/h9,11H,4-8,10,14H2,1-3H3. The number of aromatic nitrogens is 1. The highest BCUT2D eigenvalue weighted by molar-refractivity contribution is 7.89. The molecule has 1 aromatic rings. The molecule has 19 heavy (non-hydrogen) atoms. The molecule has 0 unspecified atom stereocenters. The topological polar surface area (TPSA) is 68.3 Å². The maximum atomic E-state index is 12.5. The molecule has 0 atom stereocenters. The van der Waals surface area contributed by atoms with Gasteiger partial charge in [-0.05, 0) is 19.4 Å². The summed E-state index contributed by atoms with van der Waals surface area (Å²) in [6.07, 6.45) is 3.55. The van der Waals surface area contributed by atoms with Gasteiger partial charge in [-0.25, -0.2) is 8.42 Å². The molecule has 1 aromatic heterocycles. The minimum Gasteiger partial charge on any atom is -0.349 e. The van der Waals surface area contributed by atoms with Crippen LogP contribution in [0.25, 0.3) is 0 Å². The zero-order valence-corrected chi connectivity index (χ0v) is 12.9. The van der Waals surface area contributed by atoms with Gasteiger partial charge in [-0.1, -0.05) is 20.3 Å². The van der Waals surface area contributed by atoms with Gasteiger partial charge in [0.15, 0.2) is 0 Å². The van der Waals surface area contributed by atoms with Crippen molar-refractivity contribution in [3.8, 4) is 0 Å². The average molecular weight is 287 g/mol. The molecule has 0 fully saturated rings. The Labute approximate surface area is 116 Å². The molecule has 0 spiro atoms. The Bertz CT molecular complexity index is 472. The summed E-state index contributed by atoms with van der Waals surface area (Å²) in [6, 6.07) is 1.69. The molecular formula is C13H25N3O2S. The molecule has 0 radical (unpaired) electrons. The van der Waals surface area contributed by atoms with Crippen LogP contribution in [0.1, 0.15) is 39.3 Å². The molecule has 0 amide bonds. The third-order valence-electron chi connectivity index (χ3n) is 3.26. The van der Waals surface area contributed by atoms with Crippen LogP contribution in [0.4, 0.5) is 0 Å². The van der Waals surface area contributed by atoms with Crippen LogP contribution in [0.5, 0.6) is 0 Å². The van der Waals surface area contributed by atoms with Crippen molar-refractivity contribution in [1.82, 2.24) is 8.87 Å². The molecule has 0 bridgehead atoms. The molecule has 6 heteroatoms. The number of nitrogens with two attached hydrogens (primary N) is 1. The first kappa shape index (κ1) is 16.2. The summed E-state index contributed by atoms with van der Waals surface area (Å²) < 4.78 is 28.5. The quantitative estimate of drug-likeness (QED) is 0.792. The highest BCUT2D eigenvalue weighted by Gasteiger charge is 2.24. The van der Waals surface area contributed by atoms with Gasteiger partial charge in [0, 0.05) is 38.1 Å². The third kappa shape index (κ3) is 3.58. The summed E-state index contributed by atoms with van der Waals surface area (Å²) in [5, 5.41) is 0. The molecule has 1 heterocycles. The zero-order valence-electron chi connectivity index (χ0n) is 12.1. The normalized spacial score (nSPS) is 12.3. The largest absolute Gasteiger partial charge is 0.349 e. The molecule has 2 N–H and O–H groups in total. The molecule has 5 nitrogen and oxygen atoms in total. The molecule has 0 aliphatic heterocycles. The van der Waals surface area contributed by atoms with E-state index in [4.69, 9.17) is 5.73 Å². The van der Waals surface area contributed by atoms with Crippen molar-refractivity contribution in [2.45, 2.75) is 51.6 Å². The Kier molecular flexibility index (Phi) is 6.03. The second-order valence-corrected chi connectivity index (χ2v) is 6.45. The van der Waals surface area contributed by atoms with Crippen LogP contribution < -0.4 is 5.73 Å². The van der Waals surface area contributed by atoms with Gasteiger partial charge in [0.25, 0.3) is 0 Å². The van der Waals surface area contributed by atoms with E-state index < -0.39 is 10.0 Å². The number of sulfonamides is 1. The molecule has 110 valence electrons. The summed E-state index contributed by atoms with van der Waals surface area (Å²) >= 11 is 0. The van der Waals surface area contributed by atoms with Gasteiger partial charge in [0.1, 0.15) is 4.90 Å². The van der Waals surface area contributed by atoms with E-state index in [-0.39, 0.29) is 0 Å². The Morgan fingerprint density at radius 2 is 2.00 bits per heavy atom. The van der Waals surface area contributed by atoms with Crippen LogP contribution in [-0.4, -0.2) is 30.4 Å². The van der Waals surface area contributed by atoms with Crippen molar-refractivity contribution >= 4 is 10.0 Å². The van der Waals surface area contributed by atoms with Gasteiger partial charge in [-0.2, -0.15) is 4.31 Å². The molecule has 1 rings (SSSR count). The third-order valence-corrected chi connectivity index (χ3v) is 5.20. The molecular weight excluding hydrogens is 262 g/mol. The summed E-state index contributed by atoms with van der Waals surface area (Å²) in [4.78, 5) is 0.354. The SMILES string of the molecule is CCCCN(CC)S(=O)(=O)c1cc(CN)n(CC)c1. The van der Waals surface area contributed by atoms with E-state index >= 15 is 0 Å². The summed E-state index contributed by atoms with van der Waals surface area (Å²) in [7, 11) is -3.39. The summed E-state index contributed by atoms with van der Waals surface area (Å²) in [6.45, 7) is 8.05. The molecule has 0 saturated carbocycles. The van der Waals surface area contributed by atoms with Crippen molar-refractivity contribution in [1.29, 1.82) is 0 Å². The van der Waals surface area contributed by atoms with E-state index in [0.29, 0.717) is 24.5 Å². The smallest absolute Gasteiger partial charge is 0.244 e. The van der Waals surface area contributed by atoms with Gasteiger partial charge in [-0.3, -0.25) is 0 Å². The van der Waals surface area contributed by atoms with Gasteiger partial charge in [-0.15, -0.1) is 0 Å². The Morgan fingerprint density at radius 3 is 2.42 bits per heavy atom. The summed E-state index contributed by atoms with van der Waals surface area (Å²) in [5.41, 5.74) is 6.50. The van der Waals surface area contributed by atoms with Gasteiger partial charge < -0.3 is 10.3 Å². The van der Waals surface area contributed by atoms with Crippen LogP contribution in [0, 0.1) is 0 Å². The fourth-order valence-corrected chi connectivity index (χ4v) is 3.62. The van der Waals surface area contributed by atoms with E-state index in [1.165, 1.54) is 4.31 Å². The van der Waals surface area contributed by atoms with Crippen molar-refractivity contribution in [3.63, 3.8) is 0 Å². The number of hydrogen-bond acceptors (Lipinski definition) is 3. The van der Waals surface area contributed by atoms with Crippen molar-refractivity contribution in [2.75, 3.05) is 13.1 Å². The number of rotatable bonds is 8. The minimum atomic E-state index is -3.39. The number of aryl methyl sites for hydroxylation is 1. The maximum Gasteiger partial charge on any atom is 0.244 e. The Morgan fingerprint density at radius 1 is 1.32 bits per heavy atom. The highest BCUT2D eigenvalue weighted by atomic mass is 32.2. The lowest BCUT2D eigenvalue weighted by atomic mass is 10.3. The first-order valence-corrected chi connectivity index (χ1v) is 8.34. The van der Waals surface area contributed by atoms with Crippen LogP contribution in [0.3, 0.4) is 0 Å². The highest BCUT2D eigenvalue weighted by Crippen LogP contribution is 2.19. The molecule has 0 saturated heterocycles. The van der Waals surface area contributed by atoms with Crippen LogP contribution >= 0.6 is 0 Å². The first-order valence-electron chi connectivity index (χ1n) is 6.90. The fraction of sp³-hybridized carbons (Fsp3) is 0.692. The van der Waals surface area contributed by atoms with E-state index in [0.717, 1.165) is 25.1 Å². The van der Waals surface area contributed by atoms with Crippen molar-refractivity contribution < 1.29 is 8.42 Å². The van der Waals surface area contributed by atoms with E-state index in [2.05, 4.69) is 6.92 Å². The summed E-state index contributed by atoms with van der Waals surface area (Å²) in [5.74, 6) is 0. The lowest BCUT2D eigenvalue weighted by Gasteiger charge is -2.19. The monoisotopic (exact) mass is 287 g/mol. The lowest BCUT2D eigenvalue weighted by molar-refractivity contribution is 0.419. The van der Waals surface area contributed by atoms with E-state index in [1.54, 1.807) is 12.3 Å². The predicted octanol–water partition coefficient (Wildman–Crippen LogP) is 1.78. The fourth-order valence-electron chi connectivity index (χ4n) is 2.06. The zero-order chi connectivity index (χ0) is 14.5. The van der Waals surface area contributed by atoms with Gasteiger partial charge in [0.2, 0.25) is 10.0 Å². The predicted molar refractivity (Wildman–Crippen MR) is 77.3 cm³/mol.